The van der Waals surface area contributed by atoms with Crippen molar-refractivity contribution in [1.29, 1.82) is 0 Å². The number of ketones is 1. The Morgan fingerprint density at radius 2 is 1.14 bits per heavy atom. The molecule has 0 heterocycles. The smallest absolute Gasteiger partial charge is 0.408 e. The summed E-state index contributed by atoms with van der Waals surface area (Å²) < 4.78 is 21.5. The van der Waals surface area contributed by atoms with Crippen molar-refractivity contribution in [2.45, 2.75) is 84.3 Å². The van der Waals surface area contributed by atoms with Gasteiger partial charge in [-0.25, -0.2) is 9.59 Å². The molecule has 0 spiro atoms. The molecule has 0 saturated heterocycles. The van der Waals surface area contributed by atoms with Crippen molar-refractivity contribution in [3.63, 3.8) is 0 Å². The van der Waals surface area contributed by atoms with Gasteiger partial charge in [0, 0.05) is 13.0 Å². The van der Waals surface area contributed by atoms with Gasteiger partial charge in [-0.15, -0.1) is 0 Å². The minimum Gasteiger partial charge on any atom is -0.461 e. The number of nitrogens with one attached hydrogen (secondary N) is 2. The lowest BCUT2D eigenvalue weighted by Crippen LogP contribution is -2.45. The molecule has 0 unspecified atom stereocenters. The molecular formula is C38H46N2O9. The van der Waals surface area contributed by atoms with Gasteiger partial charge in [-0.05, 0) is 50.3 Å². The number of alkyl carbamates (subject to hydrolysis) is 2. The average Bonchev–Trinajstić information content (AvgIpc) is 3.08. The number of rotatable bonds is 18. The molecule has 0 radical (unpaired) electrons. The summed E-state index contributed by atoms with van der Waals surface area (Å²) in [5.74, 6) is -2.71. The predicted molar refractivity (Wildman–Crippen MR) is 182 cm³/mol. The van der Waals surface area contributed by atoms with Gasteiger partial charge < -0.3 is 29.6 Å². The highest BCUT2D eigenvalue weighted by atomic mass is 16.6. The summed E-state index contributed by atoms with van der Waals surface area (Å²) in [5, 5.41) is 5.18. The number of amides is 2. The third-order valence-corrected chi connectivity index (χ3v) is 7.16. The number of carbonyl (C=O) groups is 5. The Bertz CT molecular complexity index is 1480. The van der Waals surface area contributed by atoms with E-state index in [0.29, 0.717) is 19.4 Å². The molecule has 11 nitrogen and oxygen atoms in total. The quantitative estimate of drug-likeness (QED) is 0.0886. The average molecular weight is 675 g/mol. The van der Waals surface area contributed by atoms with Crippen molar-refractivity contribution in [1.82, 2.24) is 10.6 Å². The largest absolute Gasteiger partial charge is 0.461 e. The van der Waals surface area contributed by atoms with Crippen LogP contribution in [0.4, 0.5) is 9.59 Å². The highest BCUT2D eigenvalue weighted by Crippen LogP contribution is 2.19. The number of hydrogen-bond donors (Lipinski definition) is 2. The van der Waals surface area contributed by atoms with Gasteiger partial charge in [0.2, 0.25) is 0 Å². The zero-order valence-corrected chi connectivity index (χ0v) is 28.4. The molecule has 2 amide bonds. The molecule has 0 aliphatic carbocycles. The van der Waals surface area contributed by atoms with Gasteiger partial charge in [-0.1, -0.05) is 97.4 Å². The Morgan fingerprint density at radius 1 is 0.633 bits per heavy atom. The summed E-state index contributed by atoms with van der Waals surface area (Å²) in [6.45, 7) is 5.47. The minimum absolute atomic E-state index is 0.00467. The second-order valence-electron chi connectivity index (χ2n) is 12.5. The van der Waals surface area contributed by atoms with E-state index < -0.39 is 53.9 Å². The van der Waals surface area contributed by atoms with E-state index in [-0.39, 0.29) is 32.7 Å². The molecule has 0 bridgehead atoms. The van der Waals surface area contributed by atoms with Crippen molar-refractivity contribution < 1.29 is 42.9 Å². The first-order valence-corrected chi connectivity index (χ1v) is 16.4. The molecule has 0 aliphatic heterocycles. The van der Waals surface area contributed by atoms with E-state index in [2.05, 4.69) is 10.6 Å². The maximum Gasteiger partial charge on any atom is 0.408 e. The molecule has 3 aromatic carbocycles. The number of ether oxygens (including phenoxy) is 4. The normalized spacial score (nSPS) is 12.1. The van der Waals surface area contributed by atoms with Crippen LogP contribution in [0.2, 0.25) is 0 Å². The van der Waals surface area contributed by atoms with Gasteiger partial charge in [-0.3, -0.25) is 14.4 Å². The van der Waals surface area contributed by atoms with E-state index >= 15 is 0 Å². The third kappa shape index (κ3) is 16.0. The zero-order chi connectivity index (χ0) is 35.5. The number of unbranched alkanes of at least 4 members (excludes halogenated alkanes) is 1. The molecule has 262 valence electrons. The third-order valence-electron chi connectivity index (χ3n) is 7.16. The SMILES string of the molecule is CC(C)(C)OC(=O)N[C@@H](CC(=O)OCc1ccccc1)C(=O)C[C@H](CCCCNC(=O)OCc1ccccc1)C(=O)OCc1ccccc1. The van der Waals surface area contributed by atoms with Crippen molar-refractivity contribution in [3.8, 4) is 0 Å². The lowest BCUT2D eigenvalue weighted by atomic mass is 9.92. The number of benzene rings is 3. The monoisotopic (exact) mass is 674 g/mol. The fourth-order valence-electron chi connectivity index (χ4n) is 4.67. The molecule has 2 N–H and O–H groups in total. The van der Waals surface area contributed by atoms with Crippen molar-refractivity contribution in [2.24, 2.45) is 5.92 Å². The molecule has 0 saturated carbocycles. The standard InChI is InChI=1S/C38H46N2O9/c1-38(2,3)49-37(45)40-32(24-34(42)46-25-28-15-7-4-8-16-28)33(41)23-31(35(43)47-26-29-17-9-5-10-18-29)21-13-14-22-39-36(44)48-27-30-19-11-6-12-20-30/h4-12,15-20,31-32H,13-14,21-27H2,1-3H3,(H,39,44)(H,40,45)/t31-,32-/m0/s1. The van der Waals surface area contributed by atoms with Gasteiger partial charge in [0.1, 0.15) is 31.5 Å². The van der Waals surface area contributed by atoms with E-state index in [0.717, 1.165) is 16.7 Å². The van der Waals surface area contributed by atoms with Crippen LogP contribution in [0.1, 0.15) is 69.6 Å². The van der Waals surface area contributed by atoms with Crippen LogP contribution in [0.25, 0.3) is 0 Å². The molecular weight excluding hydrogens is 628 g/mol. The molecule has 0 aliphatic rings. The number of esters is 2. The predicted octanol–water partition coefficient (Wildman–Crippen LogP) is 6.43. The molecule has 3 rings (SSSR count). The lowest BCUT2D eigenvalue weighted by Gasteiger charge is -2.24. The molecule has 3 aromatic rings. The maximum absolute atomic E-state index is 13.7. The Balaban J connectivity index is 1.61. The van der Waals surface area contributed by atoms with Crippen LogP contribution in [0.5, 0.6) is 0 Å². The van der Waals surface area contributed by atoms with Crippen LogP contribution in [0.3, 0.4) is 0 Å². The van der Waals surface area contributed by atoms with Crippen LogP contribution < -0.4 is 10.6 Å². The number of Topliss-reactive ketones (excluding diaryl/α,β-unsaturated/α-hetero) is 1. The van der Waals surface area contributed by atoms with Gasteiger partial charge in [0.15, 0.2) is 5.78 Å². The molecule has 0 aromatic heterocycles. The maximum atomic E-state index is 13.7. The highest BCUT2D eigenvalue weighted by molar-refractivity contribution is 5.93. The van der Waals surface area contributed by atoms with E-state index in [1.165, 1.54) is 0 Å². The molecule has 0 fully saturated rings. The topological polar surface area (TPSA) is 146 Å². The fourth-order valence-corrected chi connectivity index (χ4v) is 4.67. The number of hydrogen-bond acceptors (Lipinski definition) is 9. The molecule has 11 heteroatoms. The van der Waals surface area contributed by atoms with Crippen molar-refractivity contribution >= 4 is 29.9 Å². The summed E-state index contributed by atoms with van der Waals surface area (Å²) in [7, 11) is 0. The Morgan fingerprint density at radius 3 is 1.67 bits per heavy atom. The van der Waals surface area contributed by atoms with E-state index in [1.807, 2.05) is 78.9 Å². The zero-order valence-electron chi connectivity index (χ0n) is 28.4. The van der Waals surface area contributed by atoms with E-state index in [1.54, 1.807) is 32.9 Å². The van der Waals surface area contributed by atoms with Gasteiger partial charge in [-0.2, -0.15) is 0 Å². The van der Waals surface area contributed by atoms with E-state index in [9.17, 15) is 24.0 Å². The van der Waals surface area contributed by atoms with Gasteiger partial charge >= 0.3 is 24.1 Å². The van der Waals surface area contributed by atoms with Crippen LogP contribution in [0, 0.1) is 5.92 Å². The second-order valence-corrected chi connectivity index (χ2v) is 12.5. The fraction of sp³-hybridized carbons (Fsp3) is 0.395. The Labute approximate surface area is 287 Å². The highest BCUT2D eigenvalue weighted by Gasteiger charge is 2.31. The minimum atomic E-state index is -1.30. The molecule has 49 heavy (non-hydrogen) atoms. The van der Waals surface area contributed by atoms with Crippen molar-refractivity contribution in [3.05, 3.63) is 108 Å². The Hall–Kier alpha value is -5.19. The van der Waals surface area contributed by atoms with Crippen LogP contribution >= 0.6 is 0 Å². The lowest BCUT2D eigenvalue weighted by molar-refractivity contribution is -0.152. The van der Waals surface area contributed by atoms with Crippen LogP contribution in [0.15, 0.2) is 91.0 Å². The van der Waals surface area contributed by atoms with E-state index in [4.69, 9.17) is 18.9 Å². The van der Waals surface area contributed by atoms with Gasteiger partial charge in [0.25, 0.3) is 0 Å². The van der Waals surface area contributed by atoms with Crippen LogP contribution in [-0.4, -0.2) is 48.1 Å². The first-order chi connectivity index (χ1) is 23.5. The van der Waals surface area contributed by atoms with Crippen LogP contribution in [-0.2, 0) is 53.2 Å². The van der Waals surface area contributed by atoms with Gasteiger partial charge in [0.05, 0.1) is 12.3 Å². The first kappa shape index (κ1) is 38.3. The summed E-state index contributed by atoms with van der Waals surface area (Å²) in [5.41, 5.74) is 1.56. The van der Waals surface area contributed by atoms with Crippen molar-refractivity contribution in [2.75, 3.05) is 6.54 Å². The summed E-state index contributed by atoms with van der Waals surface area (Å²) in [6, 6.07) is 26.2. The molecule has 2 atom stereocenters. The summed E-state index contributed by atoms with van der Waals surface area (Å²) in [4.78, 5) is 64.5. The number of carbonyl (C=O) groups excluding carboxylic acids is 5. The summed E-state index contributed by atoms with van der Waals surface area (Å²) >= 11 is 0. The summed E-state index contributed by atoms with van der Waals surface area (Å²) in [6.07, 6.45) is -0.956. The second kappa shape index (κ2) is 20.2. The Kier molecular flexibility index (Phi) is 15.8. The first-order valence-electron chi connectivity index (χ1n) is 16.4.